The third kappa shape index (κ3) is 3.03. The Morgan fingerprint density at radius 2 is 1.95 bits per heavy atom. The molecule has 1 heterocycles. The van der Waals surface area contributed by atoms with Crippen LogP contribution in [-0.2, 0) is 5.88 Å². The van der Waals surface area contributed by atoms with E-state index in [4.69, 9.17) is 16.3 Å². The highest BCUT2D eigenvalue weighted by Gasteiger charge is 2.20. The van der Waals surface area contributed by atoms with Gasteiger partial charge in [-0.3, -0.25) is 10.1 Å². The molecule has 0 unspecified atom stereocenters. The number of nitro groups is 1. The highest BCUT2D eigenvalue weighted by atomic mass is 35.5. The first kappa shape index (κ1) is 14.2. The molecule has 104 valence electrons. The topological polar surface area (TPSA) is 78.2 Å². The molecule has 0 spiro atoms. The van der Waals surface area contributed by atoms with E-state index in [9.17, 15) is 10.1 Å². The summed E-state index contributed by atoms with van der Waals surface area (Å²) in [5, 5.41) is 11.1. The van der Waals surface area contributed by atoms with Crippen LogP contribution < -0.4 is 4.74 Å². The van der Waals surface area contributed by atoms with Crippen molar-refractivity contribution in [2.75, 3.05) is 0 Å². The molecule has 6 nitrogen and oxygen atoms in total. The van der Waals surface area contributed by atoms with Gasteiger partial charge in [0.1, 0.15) is 0 Å². The maximum absolute atomic E-state index is 11.1. The zero-order chi connectivity index (χ0) is 14.7. The lowest BCUT2D eigenvalue weighted by atomic mass is 10.1. The molecule has 0 saturated heterocycles. The third-order valence-corrected chi connectivity index (χ3v) is 2.93. The van der Waals surface area contributed by atoms with Crippen molar-refractivity contribution in [1.29, 1.82) is 0 Å². The summed E-state index contributed by atoms with van der Waals surface area (Å²) < 4.78 is 5.45. The van der Waals surface area contributed by atoms with Gasteiger partial charge in [0.2, 0.25) is 5.75 Å². The van der Waals surface area contributed by atoms with Crippen molar-refractivity contribution in [1.82, 2.24) is 9.97 Å². The monoisotopic (exact) mass is 293 g/mol. The zero-order valence-corrected chi connectivity index (χ0v) is 11.7. The lowest BCUT2D eigenvalue weighted by molar-refractivity contribution is -0.385. The maximum atomic E-state index is 11.1. The molecule has 0 amide bonds. The minimum atomic E-state index is -0.484. The lowest BCUT2D eigenvalue weighted by Gasteiger charge is -2.08. The number of halogens is 1. The molecule has 0 saturated carbocycles. The number of nitrogens with zero attached hydrogens (tertiary/aromatic N) is 3. The molecule has 20 heavy (non-hydrogen) atoms. The van der Waals surface area contributed by atoms with Gasteiger partial charge in [-0.2, -0.15) is 0 Å². The van der Waals surface area contributed by atoms with Gasteiger partial charge in [0.05, 0.1) is 10.8 Å². The molecule has 0 radical (unpaired) electrons. The second-order valence-electron chi connectivity index (χ2n) is 4.30. The van der Waals surface area contributed by atoms with Gasteiger partial charge in [-0.25, -0.2) is 9.97 Å². The minimum Gasteiger partial charge on any atom is -0.417 e. The van der Waals surface area contributed by atoms with Crippen LogP contribution in [0.4, 0.5) is 5.69 Å². The first-order valence-corrected chi connectivity index (χ1v) is 6.35. The fourth-order valence-electron chi connectivity index (χ4n) is 1.76. The average Bonchev–Trinajstić information content (AvgIpc) is 2.42. The van der Waals surface area contributed by atoms with Crippen molar-refractivity contribution in [3.63, 3.8) is 0 Å². The number of hydrogen-bond donors (Lipinski definition) is 0. The number of benzene rings is 1. The van der Waals surface area contributed by atoms with Crippen LogP contribution in [0.25, 0.3) is 0 Å². The summed E-state index contributed by atoms with van der Waals surface area (Å²) in [6.45, 7) is 3.53. The van der Waals surface area contributed by atoms with E-state index in [0.717, 1.165) is 11.1 Å². The highest BCUT2D eigenvalue weighted by Crippen LogP contribution is 2.34. The molecule has 2 rings (SSSR count). The maximum Gasteiger partial charge on any atom is 0.322 e. The predicted molar refractivity (Wildman–Crippen MR) is 74.2 cm³/mol. The van der Waals surface area contributed by atoms with Crippen LogP contribution in [0.2, 0.25) is 0 Å². The summed E-state index contributed by atoms with van der Waals surface area (Å²) in [7, 11) is 0. The van der Waals surface area contributed by atoms with E-state index in [-0.39, 0.29) is 17.4 Å². The van der Waals surface area contributed by atoms with Crippen LogP contribution >= 0.6 is 11.6 Å². The molecular weight excluding hydrogens is 282 g/mol. The second kappa shape index (κ2) is 5.83. The van der Waals surface area contributed by atoms with Crippen LogP contribution in [0, 0.1) is 24.0 Å². The smallest absolute Gasteiger partial charge is 0.322 e. The van der Waals surface area contributed by atoms with E-state index < -0.39 is 4.92 Å². The Morgan fingerprint density at radius 3 is 2.50 bits per heavy atom. The fraction of sp³-hybridized carbons (Fsp3) is 0.231. The Morgan fingerprint density at radius 1 is 1.30 bits per heavy atom. The van der Waals surface area contributed by atoms with Gasteiger partial charge in [0, 0.05) is 24.0 Å². The van der Waals surface area contributed by atoms with Crippen molar-refractivity contribution >= 4 is 17.3 Å². The molecule has 0 fully saturated rings. The number of alkyl halides is 1. The number of aromatic nitrogens is 2. The summed E-state index contributed by atoms with van der Waals surface area (Å²) in [5.41, 5.74) is 2.09. The number of ether oxygens (including phenoxy) is 1. The van der Waals surface area contributed by atoms with Crippen molar-refractivity contribution in [3.05, 3.63) is 51.3 Å². The molecule has 1 aromatic carbocycles. The Bertz CT molecular complexity index is 644. The summed E-state index contributed by atoms with van der Waals surface area (Å²) in [6.07, 6.45) is 3.04. The van der Waals surface area contributed by atoms with Crippen molar-refractivity contribution in [2.24, 2.45) is 0 Å². The molecular formula is C13H12ClN3O3. The van der Waals surface area contributed by atoms with Gasteiger partial charge in [-0.05, 0) is 25.0 Å². The molecule has 0 N–H and O–H groups in total. The molecule has 7 heteroatoms. The standard InChI is InChI=1S/C13H12ClN3O3/c1-8-3-9(2)12(11(4-8)17(18)19)20-13-15-6-10(5-14)7-16-13/h3-4,6-7H,5H2,1-2H3. The Hall–Kier alpha value is -2.21. The molecule has 1 aromatic heterocycles. The lowest BCUT2D eigenvalue weighted by Crippen LogP contribution is -1.99. The zero-order valence-electron chi connectivity index (χ0n) is 11.0. The molecule has 0 aliphatic heterocycles. The van der Waals surface area contributed by atoms with Gasteiger partial charge in [0.15, 0.2) is 0 Å². The number of rotatable bonds is 4. The van der Waals surface area contributed by atoms with E-state index in [1.165, 1.54) is 18.5 Å². The highest BCUT2D eigenvalue weighted by molar-refractivity contribution is 6.17. The number of hydrogen-bond acceptors (Lipinski definition) is 5. The van der Waals surface area contributed by atoms with E-state index in [0.29, 0.717) is 11.4 Å². The van der Waals surface area contributed by atoms with E-state index in [2.05, 4.69) is 9.97 Å². The van der Waals surface area contributed by atoms with Gasteiger partial charge in [-0.1, -0.05) is 6.07 Å². The first-order chi connectivity index (χ1) is 9.51. The summed E-state index contributed by atoms with van der Waals surface area (Å²) in [5.74, 6) is 0.448. The summed E-state index contributed by atoms with van der Waals surface area (Å²) in [6, 6.07) is 3.30. The normalized spacial score (nSPS) is 10.3. The van der Waals surface area contributed by atoms with Crippen molar-refractivity contribution < 1.29 is 9.66 Å². The average molecular weight is 294 g/mol. The molecule has 0 aliphatic carbocycles. The van der Waals surface area contributed by atoms with Crippen LogP contribution in [0.3, 0.4) is 0 Å². The largest absolute Gasteiger partial charge is 0.417 e. The molecule has 0 atom stereocenters. The second-order valence-corrected chi connectivity index (χ2v) is 4.56. The van der Waals surface area contributed by atoms with Gasteiger partial charge < -0.3 is 4.74 Å². The van der Waals surface area contributed by atoms with E-state index >= 15 is 0 Å². The Balaban J connectivity index is 2.39. The van der Waals surface area contributed by atoms with E-state index in [1.807, 2.05) is 0 Å². The number of aryl methyl sites for hydroxylation is 2. The Kier molecular flexibility index (Phi) is 4.14. The van der Waals surface area contributed by atoms with Crippen molar-refractivity contribution in [2.45, 2.75) is 19.7 Å². The van der Waals surface area contributed by atoms with Crippen LogP contribution in [0.15, 0.2) is 24.5 Å². The van der Waals surface area contributed by atoms with Gasteiger partial charge >= 0.3 is 11.7 Å². The quantitative estimate of drug-likeness (QED) is 0.489. The summed E-state index contributed by atoms with van der Waals surface area (Å²) in [4.78, 5) is 18.5. The molecule has 0 aliphatic rings. The van der Waals surface area contributed by atoms with Crippen LogP contribution in [0.5, 0.6) is 11.8 Å². The SMILES string of the molecule is Cc1cc(C)c(Oc2ncc(CCl)cn2)c([N+](=O)[O-])c1. The molecule has 0 bridgehead atoms. The van der Waals surface area contributed by atoms with Crippen LogP contribution in [0.1, 0.15) is 16.7 Å². The fourth-order valence-corrected chi connectivity index (χ4v) is 1.89. The third-order valence-electron chi connectivity index (χ3n) is 2.63. The molecule has 2 aromatic rings. The minimum absolute atomic E-state index is 0.0499. The Labute approximate surface area is 120 Å². The van der Waals surface area contributed by atoms with Gasteiger partial charge in [-0.15, -0.1) is 11.6 Å². The van der Waals surface area contributed by atoms with Crippen LogP contribution in [-0.4, -0.2) is 14.9 Å². The number of nitro benzene ring substituents is 1. The van der Waals surface area contributed by atoms with Crippen molar-refractivity contribution in [3.8, 4) is 11.8 Å². The predicted octanol–water partition coefficient (Wildman–Crippen LogP) is 3.53. The first-order valence-electron chi connectivity index (χ1n) is 5.81. The summed E-state index contributed by atoms with van der Waals surface area (Å²) >= 11 is 5.64. The van der Waals surface area contributed by atoms with Gasteiger partial charge in [0.25, 0.3) is 0 Å². The van der Waals surface area contributed by atoms with E-state index in [1.54, 1.807) is 19.9 Å².